The van der Waals surface area contributed by atoms with E-state index in [2.05, 4.69) is 32.1 Å². The minimum atomic E-state index is -0.381. The number of thioether (sulfide) groups is 1. The number of nitrogens with zero attached hydrogens (tertiary/aromatic N) is 5. The Labute approximate surface area is 167 Å². The summed E-state index contributed by atoms with van der Waals surface area (Å²) in [5.74, 6) is 0.473. The van der Waals surface area contributed by atoms with Crippen LogP contribution < -0.4 is 10.2 Å². The number of anilines is 1. The first-order valence-electron chi connectivity index (χ1n) is 9.04. The number of aromatic nitrogens is 3. The van der Waals surface area contributed by atoms with E-state index in [1.165, 1.54) is 0 Å². The molecule has 0 spiro atoms. The molecule has 0 unspecified atom stereocenters. The summed E-state index contributed by atoms with van der Waals surface area (Å²) in [6, 6.07) is 1.89. The molecule has 0 atom stereocenters. The van der Waals surface area contributed by atoms with E-state index in [1.807, 2.05) is 6.07 Å². The molecule has 1 N–H and O–H groups in total. The Morgan fingerprint density at radius 2 is 1.93 bits per heavy atom. The summed E-state index contributed by atoms with van der Waals surface area (Å²) in [5.41, 5.74) is 2.27. The average molecular weight is 396 g/mol. The predicted molar refractivity (Wildman–Crippen MR) is 109 cm³/mol. The molecule has 0 saturated carbocycles. The molecule has 2 aliphatic heterocycles. The van der Waals surface area contributed by atoms with Gasteiger partial charge in [-0.1, -0.05) is 0 Å². The van der Waals surface area contributed by atoms with Crippen molar-refractivity contribution in [1.82, 2.24) is 25.2 Å². The number of carbonyl (C=O) groups excluding carboxylic acids is 2. The third-order valence-electron chi connectivity index (χ3n) is 4.66. The quantitative estimate of drug-likeness (QED) is 0.788. The van der Waals surface area contributed by atoms with Crippen LogP contribution in [0.2, 0.25) is 0 Å². The minimum Gasteiger partial charge on any atom is -0.354 e. The molecule has 0 aliphatic carbocycles. The Hall–Kier alpha value is -2.78. The normalized spacial score (nSPS) is 19.8. The van der Waals surface area contributed by atoms with E-state index >= 15 is 0 Å². The van der Waals surface area contributed by atoms with Gasteiger partial charge in [0.25, 0.3) is 11.1 Å². The number of hydrogen-bond acceptors (Lipinski definition) is 8. The number of amides is 2. The van der Waals surface area contributed by atoms with Crippen molar-refractivity contribution < 1.29 is 9.59 Å². The second kappa shape index (κ2) is 8.07. The molecule has 2 aromatic heterocycles. The molecule has 9 heteroatoms. The summed E-state index contributed by atoms with van der Waals surface area (Å²) < 4.78 is 0. The number of pyridine rings is 1. The van der Waals surface area contributed by atoms with E-state index in [4.69, 9.17) is 4.98 Å². The Bertz CT molecular complexity index is 948. The van der Waals surface area contributed by atoms with Gasteiger partial charge >= 0.3 is 0 Å². The topological polar surface area (TPSA) is 91.3 Å². The maximum Gasteiger partial charge on any atom is 0.290 e. The van der Waals surface area contributed by atoms with Crippen LogP contribution in [0.4, 0.5) is 10.6 Å². The highest BCUT2D eigenvalue weighted by molar-refractivity contribution is 8.18. The predicted octanol–water partition coefficient (Wildman–Crippen LogP) is 2.00. The number of imide groups is 1. The Morgan fingerprint density at radius 1 is 1.07 bits per heavy atom. The zero-order chi connectivity index (χ0) is 19.5. The SMILES string of the molecule is CN1CCCN(c2cncc(-c3cncc(C=C4SC(=O)NC4=O)c3)n2)CC1. The lowest BCUT2D eigenvalue weighted by atomic mass is 10.1. The minimum absolute atomic E-state index is 0.359. The van der Waals surface area contributed by atoms with Gasteiger partial charge in [-0.05, 0) is 49.5 Å². The molecule has 0 aromatic carbocycles. The fourth-order valence-electron chi connectivity index (χ4n) is 3.17. The van der Waals surface area contributed by atoms with Crippen molar-refractivity contribution >= 4 is 34.8 Å². The zero-order valence-corrected chi connectivity index (χ0v) is 16.3. The summed E-state index contributed by atoms with van der Waals surface area (Å²) in [7, 11) is 2.13. The van der Waals surface area contributed by atoms with Crippen molar-refractivity contribution in [1.29, 1.82) is 0 Å². The van der Waals surface area contributed by atoms with Crippen LogP contribution in [0.25, 0.3) is 17.3 Å². The molecule has 2 amide bonds. The van der Waals surface area contributed by atoms with E-state index in [1.54, 1.807) is 30.9 Å². The molecular weight excluding hydrogens is 376 g/mol. The maximum atomic E-state index is 11.7. The van der Waals surface area contributed by atoms with Crippen LogP contribution in [0.15, 0.2) is 35.8 Å². The monoisotopic (exact) mass is 396 g/mol. The van der Waals surface area contributed by atoms with Crippen molar-refractivity contribution in [3.63, 3.8) is 0 Å². The van der Waals surface area contributed by atoms with Gasteiger partial charge in [-0.2, -0.15) is 0 Å². The number of likely N-dealkylation sites (N-methyl/N-ethyl adjacent to an activating group) is 1. The van der Waals surface area contributed by atoms with Crippen LogP contribution in [-0.4, -0.2) is 64.2 Å². The fraction of sp³-hybridized carbons (Fsp3) is 0.316. The van der Waals surface area contributed by atoms with E-state index < -0.39 is 0 Å². The molecule has 2 fully saturated rings. The summed E-state index contributed by atoms with van der Waals surface area (Å²) >= 11 is 0.889. The molecule has 4 heterocycles. The average Bonchev–Trinajstić information content (AvgIpc) is 2.88. The summed E-state index contributed by atoms with van der Waals surface area (Å²) in [5, 5.41) is 1.89. The third kappa shape index (κ3) is 4.20. The number of nitrogens with one attached hydrogen (secondary N) is 1. The molecule has 2 aliphatic rings. The third-order valence-corrected chi connectivity index (χ3v) is 5.47. The van der Waals surface area contributed by atoms with E-state index in [-0.39, 0.29) is 11.1 Å². The lowest BCUT2D eigenvalue weighted by molar-refractivity contribution is -0.115. The molecule has 2 aromatic rings. The van der Waals surface area contributed by atoms with Gasteiger partial charge < -0.3 is 9.80 Å². The molecule has 0 radical (unpaired) electrons. The summed E-state index contributed by atoms with van der Waals surface area (Å²) in [4.78, 5) is 41.4. The summed E-state index contributed by atoms with van der Waals surface area (Å²) in [6.45, 7) is 3.94. The first kappa shape index (κ1) is 18.6. The second-order valence-corrected chi connectivity index (χ2v) is 7.78. The Balaban J connectivity index is 1.59. The van der Waals surface area contributed by atoms with Crippen LogP contribution in [0.1, 0.15) is 12.0 Å². The molecular formula is C19H20N6O2S. The number of rotatable bonds is 3. The van der Waals surface area contributed by atoms with Gasteiger partial charge in [0.05, 0.1) is 23.0 Å². The molecule has 2 saturated heterocycles. The first-order valence-corrected chi connectivity index (χ1v) is 9.86. The van der Waals surface area contributed by atoms with E-state index in [0.717, 1.165) is 67.0 Å². The smallest absolute Gasteiger partial charge is 0.290 e. The molecule has 144 valence electrons. The van der Waals surface area contributed by atoms with Gasteiger partial charge in [-0.25, -0.2) is 4.98 Å². The lowest BCUT2D eigenvalue weighted by Gasteiger charge is -2.21. The zero-order valence-electron chi connectivity index (χ0n) is 15.5. The maximum absolute atomic E-state index is 11.7. The molecule has 28 heavy (non-hydrogen) atoms. The van der Waals surface area contributed by atoms with Gasteiger partial charge in [0.1, 0.15) is 5.82 Å². The first-order chi connectivity index (χ1) is 13.6. The Kier molecular flexibility index (Phi) is 5.36. The highest BCUT2D eigenvalue weighted by Gasteiger charge is 2.25. The van der Waals surface area contributed by atoms with Gasteiger partial charge in [0.2, 0.25) is 0 Å². The van der Waals surface area contributed by atoms with Crippen molar-refractivity contribution in [2.75, 3.05) is 38.1 Å². The number of hydrogen-bond donors (Lipinski definition) is 1. The van der Waals surface area contributed by atoms with Gasteiger partial charge in [0, 0.05) is 37.6 Å². The summed E-state index contributed by atoms with van der Waals surface area (Å²) in [6.07, 6.45) is 9.62. The van der Waals surface area contributed by atoms with Crippen LogP contribution in [0.5, 0.6) is 0 Å². The van der Waals surface area contributed by atoms with Gasteiger partial charge in [0.15, 0.2) is 0 Å². The highest BCUT2D eigenvalue weighted by Crippen LogP contribution is 2.27. The van der Waals surface area contributed by atoms with E-state index in [9.17, 15) is 9.59 Å². The van der Waals surface area contributed by atoms with Crippen molar-refractivity contribution in [2.24, 2.45) is 0 Å². The fourth-order valence-corrected chi connectivity index (χ4v) is 3.85. The van der Waals surface area contributed by atoms with Crippen LogP contribution in [-0.2, 0) is 4.79 Å². The largest absolute Gasteiger partial charge is 0.354 e. The standard InChI is InChI=1S/C19H20N6O2S/c1-24-3-2-4-25(6-5-24)17-12-21-11-15(22-17)14-7-13(9-20-10-14)8-16-18(26)23-19(27)28-16/h7-12H,2-6H2,1H3,(H,23,26,27). The lowest BCUT2D eigenvalue weighted by Crippen LogP contribution is -2.29. The van der Waals surface area contributed by atoms with Crippen LogP contribution in [0, 0.1) is 0 Å². The van der Waals surface area contributed by atoms with E-state index in [0.29, 0.717) is 4.91 Å². The molecule has 4 rings (SSSR count). The van der Waals surface area contributed by atoms with Crippen LogP contribution >= 0.6 is 11.8 Å². The van der Waals surface area contributed by atoms with Gasteiger partial charge in [-0.15, -0.1) is 0 Å². The van der Waals surface area contributed by atoms with Gasteiger partial charge in [-0.3, -0.25) is 24.9 Å². The second-order valence-electron chi connectivity index (χ2n) is 6.77. The van der Waals surface area contributed by atoms with Crippen molar-refractivity contribution in [2.45, 2.75) is 6.42 Å². The van der Waals surface area contributed by atoms with Crippen molar-refractivity contribution in [3.8, 4) is 11.3 Å². The highest BCUT2D eigenvalue weighted by atomic mass is 32.2. The van der Waals surface area contributed by atoms with Crippen molar-refractivity contribution in [3.05, 3.63) is 41.3 Å². The molecule has 0 bridgehead atoms. The van der Waals surface area contributed by atoms with Crippen LogP contribution in [0.3, 0.4) is 0 Å². The molecule has 8 nitrogen and oxygen atoms in total. The Morgan fingerprint density at radius 3 is 2.75 bits per heavy atom. The number of carbonyl (C=O) groups is 2.